The van der Waals surface area contributed by atoms with Gasteiger partial charge in [0.15, 0.2) is 0 Å². The average molecular weight is 822 g/mol. The summed E-state index contributed by atoms with van der Waals surface area (Å²) >= 11 is 0. The molecule has 12 rings (SSSR count). The first-order chi connectivity index (χ1) is 31.5. The summed E-state index contributed by atoms with van der Waals surface area (Å²) in [7, 11) is 0. The Morgan fingerprint density at radius 2 is 1.11 bits per heavy atom. The third-order valence-electron chi connectivity index (χ3n) is 14.9. The Bertz CT molecular complexity index is 3190. The molecule has 1 unspecified atom stereocenters. The van der Waals surface area contributed by atoms with Crippen molar-refractivity contribution in [1.82, 2.24) is 0 Å². The van der Waals surface area contributed by atoms with E-state index in [0.29, 0.717) is 0 Å². The molecule has 1 heteroatoms. The zero-order valence-corrected chi connectivity index (χ0v) is 36.7. The molecule has 308 valence electrons. The molecule has 1 nitrogen and oxygen atoms in total. The minimum Gasteiger partial charge on any atom is -0.310 e. The zero-order chi connectivity index (χ0) is 42.8. The van der Waals surface area contributed by atoms with Gasteiger partial charge in [0.25, 0.3) is 0 Å². The molecule has 0 bridgehead atoms. The van der Waals surface area contributed by atoms with Gasteiger partial charge in [-0.05, 0) is 158 Å². The van der Waals surface area contributed by atoms with Crippen LogP contribution in [0.5, 0.6) is 0 Å². The highest BCUT2D eigenvalue weighted by atomic mass is 15.1. The van der Waals surface area contributed by atoms with Gasteiger partial charge in [-0.15, -0.1) is 0 Å². The largest absolute Gasteiger partial charge is 0.310 e. The molecule has 8 aromatic carbocycles. The monoisotopic (exact) mass is 821 g/mol. The molecule has 1 atom stereocenters. The van der Waals surface area contributed by atoms with Gasteiger partial charge >= 0.3 is 0 Å². The Morgan fingerprint density at radius 1 is 0.469 bits per heavy atom. The van der Waals surface area contributed by atoms with Gasteiger partial charge in [0.2, 0.25) is 0 Å². The first-order valence-corrected chi connectivity index (χ1v) is 23.1. The summed E-state index contributed by atoms with van der Waals surface area (Å²) < 4.78 is 0. The van der Waals surface area contributed by atoms with Crippen LogP contribution in [0, 0.1) is 0 Å². The molecule has 0 heterocycles. The van der Waals surface area contributed by atoms with E-state index in [4.69, 9.17) is 0 Å². The van der Waals surface area contributed by atoms with Gasteiger partial charge in [-0.25, -0.2) is 0 Å². The molecule has 0 N–H and O–H groups in total. The highest BCUT2D eigenvalue weighted by Crippen LogP contribution is 2.53. The lowest BCUT2D eigenvalue weighted by atomic mass is 9.62. The molecule has 8 aromatic rings. The number of benzene rings is 8. The summed E-state index contributed by atoms with van der Waals surface area (Å²) in [5.74, 6) is 0. The van der Waals surface area contributed by atoms with Crippen molar-refractivity contribution in [3.8, 4) is 22.3 Å². The van der Waals surface area contributed by atoms with Crippen molar-refractivity contribution >= 4 is 28.7 Å². The molecular weight excluding hydrogens is 771 g/mol. The maximum Gasteiger partial charge on any atom is 0.0664 e. The Hall–Kier alpha value is -7.22. The predicted octanol–water partition coefficient (Wildman–Crippen LogP) is 16.1. The van der Waals surface area contributed by atoms with Crippen molar-refractivity contribution < 1.29 is 0 Å². The predicted molar refractivity (Wildman–Crippen MR) is 269 cm³/mol. The van der Waals surface area contributed by atoms with E-state index < -0.39 is 5.41 Å². The van der Waals surface area contributed by atoms with Crippen LogP contribution >= 0.6 is 0 Å². The lowest BCUT2D eigenvalue weighted by Gasteiger charge is -2.40. The quantitative estimate of drug-likeness (QED) is 0.138. The second-order valence-corrected chi connectivity index (χ2v) is 18.7. The molecule has 0 amide bonds. The lowest BCUT2D eigenvalue weighted by molar-refractivity contribution is 0.660. The van der Waals surface area contributed by atoms with E-state index in [-0.39, 0.29) is 5.41 Å². The van der Waals surface area contributed by atoms with Gasteiger partial charge in [-0.2, -0.15) is 0 Å². The minimum absolute atomic E-state index is 0.112. The Balaban J connectivity index is 1.01. The van der Waals surface area contributed by atoms with Crippen LogP contribution in [-0.2, 0) is 23.7 Å². The van der Waals surface area contributed by atoms with Crippen molar-refractivity contribution in [2.75, 3.05) is 4.90 Å². The van der Waals surface area contributed by atoms with Crippen molar-refractivity contribution in [2.24, 2.45) is 0 Å². The zero-order valence-electron chi connectivity index (χ0n) is 36.7. The highest BCUT2D eigenvalue weighted by Gasteiger charge is 2.41. The van der Waals surface area contributed by atoms with E-state index in [2.05, 4.69) is 231 Å². The second-order valence-electron chi connectivity index (χ2n) is 18.7. The van der Waals surface area contributed by atoms with E-state index in [1.807, 2.05) is 0 Å². The lowest BCUT2D eigenvalue weighted by Crippen LogP contribution is -2.32. The first kappa shape index (κ1) is 38.5. The van der Waals surface area contributed by atoms with E-state index in [1.54, 1.807) is 0 Å². The second kappa shape index (κ2) is 15.2. The molecule has 0 radical (unpaired) electrons. The number of hydrogen-bond donors (Lipinski definition) is 0. The van der Waals surface area contributed by atoms with Crippen LogP contribution in [0.25, 0.3) is 33.9 Å². The fourth-order valence-corrected chi connectivity index (χ4v) is 11.6. The van der Waals surface area contributed by atoms with Crippen molar-refractivity contribution in [3.05, 3.63) is 267 Å². The summed E-state index contributed by atoms with van der Waals surface area (Å²) in [5.41, 5.74) is 24.6. The molecule has 0 aliphatic heterocycles. The van der Waals surface area contributed by atoms with Gasteiger partial charge in [-0.1, -0.05) is 189 Å². The van der Waals surface area contributed by atoms with E-state index >= 15 is 0 Å². The van der Waals surface area contributed by atoms with Crippen molar-refractivity contribution in [3.63, 3.8) is 0 Å². The Labute approximate surface area is 378 Å². The standard InChI is InChI=1S/C63H51N/c1-62(2)60-24-14-13-23-57(60)58-38-37-55(42-61(58)62)64(53-33-28-44(29-34-53)46-26-25-43-15-9-10-16-45(43)39-46)54-35-31-51(32-36-54)63(49-18-5-3-6-19-49,50-20-7-4-8-21-50)52-30-27-48-40-47-17-11-12-22-56(47)59(48)41-52/h3-7,9-20,22-24,27-39,41-42H,8,21,25-26,40H2,1-2H3. The van der Waals surface area contributed by atoms with Crippen LogP contribution in [-0.4, -0.2) is 0 Å². The average Bonchev–Trinajstić information content (AvgIpc) is 3.84. The number of aryl methyl sites for hydroxylation is 1. The molecule has 64 heavy (non-hydrogen) atoms. The van der Waals surface area contributed by atoms with Crippen LogP contribution in [0.1, 0.15) is 88.7 Å². The van der Waals surface area contributed by atoms with Crippen LogP contribution in [0.4, 0.5) is 17.1 Å². The minimum atomic E-state index is -0.487. The molecule has 0 spiro atoms. The maximum absolute atomic E-state index is 2.51. The van der Waals surface area contributed by atoms with Gasteiger partial charge in [-0.3, -0.25) is 0 Å². The Morgan fingerprint density at radius 3 is 1.91 bits per heavy atom. The SMILES string of the molecule is CC1(C)c2ccccc2-c2ccc(N(c3ccc(C4=Cc5ccccc5CC4)cc3)c3ccc(C(C4=CC=CCC4)(c4ccccc4)c4ccc5c(c4)-c4ccccc4C5)cc3)cc21. The van der Waals surface area contributed by atoms with Gasteiger partial charge < -0.3 is 4.90 Å². The van der Waals surface area contributed by atoms with Crippen molar-refractivity contribution in [1.29, 1.82) is 0 Å². The summed E-state index contributed by atoms with van der Waals surface area (Å²) in [6, 6.07) is 71.3. The molecule has 4 aliphatic carbocycles. The topological polar surface area (TPSA) is 3.24 Å². The summed E-state index contributed by atoms with van der Waals surface area (Å²) in [5, 5.41) is 0. The maximum atomic E-state index is 2.51. The molecule has 0 saturated heterocycles. The van der Waals surface area contributed by atoms with Crippen LogP contribution in [0.2, 0.25) is 0 Å². The number of allylic oxidation sites excluding steroid dienone is 5. The first-order valence-electron chi connectivity index (χ1n) is 23.1. The third-order valence-corrected chi connectivity index (χ3v) is 14.9. The molecule has 0 saturated carbocycles. The van der Waals surface area contributed by atoms with E-state index in [0.717, 1.165) is 49.2 Å². The third kappa shape index (κ3) is 6.13. The van der Waals surface area contributed by atoms with E-state index in [1.165, 1.54) is 89.0 Å². The normalized spacial score (nSPS) is 16.0. The molecule has 0 aromatic heterocycles. The number of rotatable bonds is 8. The van der Waals surface area contributed by atoms with Crippen molar-refractivity contribution in [2.45, 2.75) is 56.8 Å². The van der Waals surface area contributed by atoms with Gasteiger partial charge in [0.05, 0.1) is 5.41 Å². The number of fused-ring (bicyclic) bond motifs is 7. The summed E-state index contributed by atoms with van der Waals surface area (Å²) in [4.78, 5) is 2.47. The Kier molecular flexibility index (Phi) is 9.16. The number of nitrogens with zero attached hydrogens (tertiary/aromatic N) is 1. The molecule has 0 fully saturated rings. The number of anilines is 3. The highest BCUT2D eigenvalue weighted by molar-refractivity contribution is 5.88. The summed E-state index contributed by atoms with van der Waals surface area (Å²) in [6.45, 7) is 4.75. The van der Waals surface area contributed by atoms with Crippen LogP contribution in [0.3, 0.4) is 0 Å². The number of hydrogen-bond acceptors (Lipinski definition) is 1. The summed E-state index contributed by atoms with van der Waals surface area (Å²) in [6.07, 6.45) is 14.5. The van der Waals surface area contributed by atoms with Gasteiger partial charge in [0, 0.05) is 22.5 Å². The van der Waals surface area contributed by atoms with Gasteiger partial charge in [0.1, 0.15) is 0 Å². The van der Waals surface area contributed by atoms with Crippen LogP contribution < -0.4 is 4.90 Å². The fraction of sp³-hybridized carbons (Fsp3) is 0.143. The van der Waals surface area contributed by atoms with Crippen LogP contribution in [0.15, 0.2) is 212 Å². The molecular formula is C63H51N. The fourth-order valence-electron chi connectivity index (χ4n) is 11.6. The molecule has 4 aliphatic rings. The van der Waals surface area contributed by atoms with E-state index in [9.17, 15) is 0 Å². The smallest absolute Gasteiger partial charge is 0.0664 e.